The highest BCUT2D eigenvalue weighted by Gasteiger charge is 2.19. The molecular weight excluding hydrogens is 382 g/mol. The maximum Gasteiger partial charge on any atom is 0.338 e. The largest absolute Gasteiger partial charge is 0.508 e. The van der Waals surface area contributed by atoms with Crippen molar-refractivity contribution in [2.75, 3.05) is 11.9 Å². The summed E-state index contributed by atoms with van der Waals surface area (Å²) in [6.45, 7) is 2.08. The topological polar surface area (TPSA) is 99.0 Å². The van der Waals surface area contributed by atoms with Gasteiger partial charge in [-0.2, -0.15) is 0 Å². The summed E-state index contributed by atoms with van der Waals surface area (Å²) in [4.78, 5) is 11.8. The summed E-state index contributed by atoms with van der Waals surface area (Å²) in [5.74, 6) is -0.0712. The number of benzene rings is 3. The van der Waals surface area contributed by atoms with Crippen molar-refractivity contribution < 1.29 is 24.9 Å². The minimum atomic E-state index is -0.768. The van der Waals surface area contributed by atoms with E-state index in [1.54, 1.807) is 67.6 Å². The van der Waals surface area contributed by atoms with E-state index in [1.807, 2.05) is 0 Å². The summed E-state index contributed by atoms with van der Waals surface area (Å²) in [7, 11) is 0. The van der Waals surface area contributed by atoms with Gasteiger partial charge >= 0.3 is 5.97 Å². The summed E-state index contributed by atoms with van der Waals surface area (Å²) in [5.41, 5.74) is 2.82. The van der Waals surface area contributed by atoms with E-state index in [1.165, 1.54) is 12.1 Å². The fourth-order valence-electron chi connectivity index (χ4n) is 3.16. The third kappa shape index (κ3) is 5.52. The highest BCUT2D eigenvalue weighted by Crippen LogP contribution is 2.31. The fraction of sp³-hybridized carbons (Fsp3) is 0.208. The number of phenolic OH excluding ortho intramolecular Hbond substituents is 2. The maximum atomic E-state index is 11.8. The molecule has 156 valence electrons. The highest BCUT2D eigenvalue weighted by molar-refractivity contribution is 5.89. The third-order valence-electron chi connectivity index (χ3n) is 4.77. The monoisotopic (exact) mass is 407 g/mol. The minimum absolute atomic E-state index is 0.140. The molecule has 3 aromatic carbocycles. The standard InChI is InChI=1S/C24H25NO5/c1-2-30-24(29)18-3-9-19(10-4-18)25-22(16-5-11-20(26)12-6-16)15-23(28)17-7-13-21(27)14-8-17/h3-14,22-23,25-28H,2,15H2,1H3. The van der Waals surface area contributed by atoms with Gasteiger partial charge in [0, 0.05) is 12.1 Å². The second kappa shape index (κ2) is 9.80. The molecule has 3 rings (SSSR count). The molecule has 0 radical (unpaired) electrons. The normalized spacial score (nSPS) is 12.7. The third-order valence-corrected chi connectivity index (χ3v) is 4.77. The summed E-state index contributed by atoms with van der Waals surface area (Å²) in [5, 5.41) is 33.2. The Balaban J connectivity index is 1.80. The van der Waals surface area contributed by atoms with Gasteiger partial charge in [0.2, 0.25) is 0 Å². The van der Waals surface area contributed by atoms with Crippen molar-refractivity contribution in [2.24, 2.45) is 0 Å². The summed E-state index contributed by atoms with van der Waals surface area (Å²) in [6.07, 6.45) is -0.412. The molecule has 0 fully saturated rings. The number of rotatable bonds is 8. The molecule has 0 saturated carbocycles. The average molecular weight is 407 g/mol. The number of aliphatic hydroxyl groups excluding tert-OH is 1. The van der Waals surface area contributed by atoms with E-state index in [4.69, 9.17) is 4.74 Å². The number of esters is 1. The van der Waals surface area contributed by atoms with E-state index in [0.29, 0.717) is 24.2 Å². The van der Waals surface area contributed by atoms with E-state index in [-0.39, 0.29) is 23.5 Å². The van der Waals surface area contributed by atoms with E-state index in [2.05, 4.69) is 5.32 Å². The molecule has 0 aliphatic heterocycles. The Kier molecular flexibility index (Phi) is 6.93. The van der Waals surface area contributed by atoms with E-state index >= 15 is 0 Å². The molecule has 6 heteroatoms. The minimum Gasteiger partial charge on any atom is -0.508 e. The predicted octanol–water partition coefficient (Wildman–Crippen LogP) is 4.55. The van der Waals surface area contributed by atoms with Gasteiger partial charge in [-0.15, -0.1) is 0 Å². The van der Waals surface area contributed by atoms with Crippen molar-refractivity contribution in [1.82, 2.24) is 0 Å². The van der Waals surface area contributed by atoms with Crippen molar-refractivity contribution in [2.45, 2.75) is 25.5 Å². The first-order chi connectivity index (χ1) is 14.5. The van der Waals surface area contributed by atoms with E-state index in [9.17, 15) is 20.1 Å². The Morgan fingerprint density at radius 3 is 1.93 bits per heavy atom. The molecule has 0 heterocycles. The number of carbonyl (C=O) groups excluding carboxylic acids is 1. The Morgan fingerprint density at radius 2 is 1.40 bits per heavy atom. The van der Waals surface area contributed by atoms with Crippen LogP contribution in [0.2, 0.25) is 0 Å². The number of anilines is 1. The van der Waals surface area contributed by atoms with Crippen LogP contribution in [0, 0.1) is 0 Å². The number of aromatic hydroxyl groups is 2. The Hall–Kier alpha value is -3.51. The number of aliphatic hydroxyl groups is 1. The smallest absolute Gasteiger partial charge is 0.338 e. The molecule has 0 bridgehead atoms. The zero-order valence-electron chi connectivity index (χ0n) is 16.7. The molecule has 0 saturated heterocycles. The first kappa shape index (κ1) is 21.2. The van der Waals surface area contributed by atoms with Gasteiger partial charge in [0.05, 0.1) is 24.3 Å². The number of ether oxygens (including phenoxy) is 1. The van der Waals surface area contributed by atoms with Crippen molar-refractivity contribution in [3.63, 3.8) is 0 Å². The van der Waals surface area contributed by atoms with Crippen molar-refractivity contribution in [3.05, 3.63) is 89.5 Å². The summed E-state index contributed by atoms with van der Waals surface area (Å²) >= 11 is 0. The summed E-state index contributed by atoms with van der Waals surface area (Å²) < 4.78 is 5.01. The van der Waals surface area contributed by atoms with Gasteiger partial charge in [-0.1, -0.05) is 24.3 Å². The van der Waals surface area contributed by atoms with Gasteiger partial charge in [0.25, 0.3) is 0 Å². The van der Waals surface area contributed by atoms with Crippen LogP contribution < -0.4 is 5.32 Å². The fourth-order valence-corrected chi connectivity index (χ4v) is 3.16. The van der Waals surface area contributed by atoms with Crippen LogP contribution >= 0.6 is 0 Å². The van der Waals surface area contributed by atoms with Crippen molar-refractivity contribution >= 4 is 11.7 Å². The molecular formula is C24H25NO5. The highest BCUT2D eigenvalue weighted by atomic mass is 16.5. The van der Waals surface area contributed by atoms with Crippen LogP contribution in [-0.2, 0) is 4.74 Å². The molecule has 3 aromatic rings. The molecule has 0 aromatic heterocycles. The zero-order chi connectivity index (χ0) is 21.5. The number of hydrogen-bond acceptors (Lipinski definition) is 6. The molecule has 0 aliphatic rings. The predicted molar refractivity (Wildman–Crippen MR) is 115 cm³/mol. The lowest BCUT2D eigenvalue weighted by molar-refractivity contribution is 0.0526. The van der Waals surface area contributed by atoms with Crippen molar-refractivity contribution in [3.8, 4) is 11.5 Å². The molecule has 0 aliphatic carbocycles. The first-order valence-electron chi connectivity index (χ1n) is 9.76. The number of phenols is 2. The van der Waals surface area contributed by atoms with Gasteiger partial charge in [-0.25, -0.2) is 4.79 Å². The van der Waals surface area contributed by atoms with Crippen LogP contribution in [0.5, 0.6) is 11.5 Å². The molecule has 2 unspecified atom stereocenters. The van der Waals surface area contributed by atoms with Crippen LogP contribution in [-0.4, -0.2) is 27.9 Å². The zero-order valence-corrected chi connectivity index (χ0v) is 16.7. The lowest BCUT2D eigenvalue weighted by Gasteiger charge is -2.24. The van der Waals surface area contributed by atoms with Gasteiger partial charge in [0.1, 0.15) is 11.5 Å². The van der Waals surface area contributed by atoms with Crippen LogP contribution in [0.15, 0.2) is 72.8 Å². The van der Waals surface area contributed by atoms with Gasteiger partial charge in [0.15, 0.2) is 0 Å². The molecule has 0 spiro atoms. The maximum absolute atomic E-state index is 11.8. The second-order valence-electron chi connectivity index (χ2n) is 6.93. The molecule has 0 amide bonds. The van der Waals surface area contributed by atoms with E-state index < -0.39 is 6.10 Å². The molecule has 30 heavy (non-hydrogen) atoms. The second-order valence-corrected chi connectivity index (χ2v) is 6.93. The Morgan fingerprint density at radius 1 is 0.867 bits per heavy atom. The number of carbonyl (C=O) groups is 1. The van der Waals surface area contributed by atoms with Gasteiger partial charge in [-0.05, 0) is 66.6 Å². The lowest BCUT2D eigenvalue weighted by atomic mass is 9.96. The van der Waals surface area contributed by atoms with Crippen LogP contribution in [0.4, 0.5) is 5.69 Å². The molecule has 6 nitrogen and oxygen atoms in total. The Bertz CT molecular complexity index is 952. The number of nitrogens with one attached hydrogen (secondary N) is 1. The SMILES string of the molecule is CCOC(=O)c1ccc(NC(CC(O)c2ccc(O)cc2)c2ccc(O)cc2)cc1. The van der Waals surface area contributed by atoms with Crippen LogP contribution in [0.3, 0.4) is 0 Å². The first-order valence-corrected chi connectivity index (χ1v) is 9.76. The average Bonchev–Trinajstić information content (AvgIpc) is 2.75. The molecule has 4 N–H and O–H groups in total. The molecule has 2 atom stereocenters. The van der Waals surface area contributed by atoms with Gasteiger partial charge in [-0.3, -0.25) is 0 Å². The van der Waals surface area contributed by atoms with E-state index in [0.717, 1.165) is 11.3 Å². The number of hydrogen-bond donors (Lipinski definition) is 4. The summed E-state index contributed by atoms with van der Waals surface area (Å²) in [6, 6.07) is 19.9. The Labute approximate surface area is 175 Å². The quantitative estimate of drug-likeness (QED) is 0.409. The lowest BCUT2D eigenvalue weighted by Crippen LogP contribution is -2.15. The van der Waals surface area contributed by atoms with Crippen LogP contribution in [0.1, 0.15) is 47.0 Å². The van der Waals surface area contributed by atoms with Crippen molar-refractivity contribution in [1.29, 1.82) is 0 Å². The van der Waals surface area contributed by atoms with Gasteiger partial charge < -0.3 is 25.4 Å². The van der Waals surface area contributed by atoms with Crippen LogP contribution in [0.25, 0.3) is 0 Å².